The molecule has 0 saturated heterocycles. The molecule has 0 spiro atoms. The summed E-state index contributed by atoms with van der Waals surface area (Å²) in [5.41, 5.74) is 1.09. The molecule has 54 heavy (non-hydrogen) atoms. The lowest BCUT2D eigenvalue weighted by Crippen LogP contribution is -2.41. The van der Waals surface area contributed by atoms with Crippen molar-refractivity contribution < 1.29 is 48.0 Å². The molecule has 302 valence electrons. The zero-order valence-electron chi connectivity index (χ0n) is 32.5. The van der Waals surface area contributed by atoms with E-state index in [1.165, 1.54) is 6.92 Å². The lowest BCUT2D eigenvalue weighted by Gasteiger charge is -2.33. The number of rotatable bonds is 24. The van der Waals surface area contributed by atoms with Crippen LogP contribution in [0.5, 0.6) is 5.75 Å². The quantitative estimate of drug-likeness (QED) is 0.0254. The number of nitrogens with zero attached hydrogens (tertiary/aromatic N) is 2. The first kappa shape index (κ1) is 46.9. The summed E-state index contributed by atoms with van der Waals surface area (Å²) in [7, 11) is 0.964. The third-order valence-corrected chi connectivity index (χ3v) is 10.1. The molecule has 1 aromatic heterocycles. The Morgan fingerprint density at radius 3 is 2.41 bits per heavy atom. The van der Waals surface area contributed by atoms with Crippen molar-refractivity contribution in [2.45, 2.75) is 123 Å². The molecule has 0 fully saturated rings. The van der Waals surface area contributed by atoms with Gasteiger partial charge in [-0.25, -0.2) is 4.98 Å². The van der Waals surface area contributed by atoms with E-state index in [4.69, 9.17) is 18.9 Å². The molecule has 14 nitrogen and oxygen atoms in total. The summed E-state index contributed by atoms with van der Waals surface area (Å²) in [6, 6.07) is 4.12. The van der Waals surface area contributed by atoms with Crippen LogP contribution in [-0.2, 0) is 34.9 Å². The van der Waals surface area contributed by atoms with Gasteiger partial charge in [0, 0.05) is 55.4 Å². The van der Waals surface area contributed by atoms with Crippen molar-refractivity contribution in [2.75, 3.05) is 19.2 Å². The minimum atomic E-state index is -1.03. The maximum Gasteiger partial charge on any atom is 0.306 e. The summed E-state index contributed by atoms with van der Waals surface area (Å²) in [5.74, 6) is -2.82. The van der Waals surface area contributed by atoms with E-state index in [1.807, 2.05) is 34.6 Å². The van der Waals surface area contributed by atoms with Crippen molar-refractivity contribution in [2.24, 2.45) is 11.8 Å². The van der Waals surface area contributed by atoms with Crippen molar-refractivity contribution in [3.8, 4) is 5.75 Å². The summed E-state index contributed by atoms with van der Waals surface area (Å²) in [4.78, 5) is 78.7. The molecule has 0 aliphatic heterocycles. The number of aromatic nitrogens is 1. The van der Waals surface area contributed by atoms with Crippen molar-refractivity contribution in [1.82, 2.24) is 15.2 Å². The lowest BCUT2D eigenvalue weighted by molar-refractivity contribution is -0.148. The number of thiazole rings is 1. The first-order valence-electron chi connectivity index (χ1n) is 18.1. The number of carbonyl (C=O) groups is 5. The Balaban J connectivity index is 2.36. The highest BCUT2D eigenvalue weighted by atomic mass is 32.1. The van der Waals surface area contributed by atoms with Gasteiger partial charge in [-0.2, -0.15) is 12.6 Å². The number of ether oxygens (including phenoxy) is 2. The van der Waals surface area contributed by atoms with Gasteiger partial charge in [0.05, 0.1) is 11.6 Å². The zero-order valence-corrected chi connectivity index (χ0v) is 35.2. The Labute approximate surface area is 329 Å². The molecule has 0 saturated carbocycles. The number of amides is 3. The van der Waals surface area contributed by atoms with Crippen molar-refractivity contribution in [3.05, 3.63) is 39.8 Å². The first-order valence-corrected chi connectivity index (χ1v) is 20.2. The zero-order chi connectivity index (χ0) is 40.6. The topological polar surface area (TPSA) is 194 Å². The lowest BCUT2D eigenvalue weighted by atomic mass is 9.95. The van der Waals surface area contributed by atoms with Crippen LogP contribution in [0.3, 0.4) is 0 Å². The highest BCUT2D eigenvalue weighted by molar-refractivity contribution is 7.81. The molecule has 1 heterocycles. The van der Waals surface area contributed by atoms with Crippen LogP contribution in [-0.4, -0.2) is 80.2 Å². The number of anilines is 1. The molecule has 4 N–H and O–H groups in total. The van der Waals surface area contributed by atoms with Gasteiger partial charge < -0.3 is 35.0 Å². The van der Waals surface area contributed by atoms with Gasteiger partial charge >= 0.3 is 11.9 Å². The van der Waals surface area contributed by atoms with Gasteiger partial charge in [0.1, 0.15) is 16.5 Å². The summed E-state index contributed by atoms with van der Waals surface area (Å²) >= 11 is 5.65. The van der Waals surface area contributed by atoms with Crippen LogP contribution >= 0.6 is 33.0 Å². The van der Waals surface area contributed by atoms with E-state index in [2.05, 4.69) is 28.2 Å². The van der Waals surface area contributed by atoms with Crippen LogP contribution in [0.25, 0.3) is 0 Å². The largest absolute Gasteiger partial charge is 0.481 e. The molecule has 2 rings (SSSR count). The minimum Gasteiger partial charge on any atom is -0.481 e. The third kappa shape index (κ3) is 16.6. The molecule has 17 heteroatoms. The second kappa shape index (κ2) is 22.9. The van der Waals surface area contributed by atoms with E-state index >= 15 is 0 Å². The van der Waals surface area contributed by atoms with Crippen LogP contribution in [0.1, 0.15) is 121 Å². The molecular weight excluding hydrogens is 756 g/mol. The van der Waals surface area contributed by atoms with Crippen LogP contribution < -0.4 is 15.4 Å². The Morgan fingerprint density at radius 1 is 1.11 bits per heavy atom. The van der Waals surface area contributed by atoms with Gasteiger partial charge in [-0.1, -0.05) is 54.0 Å². The number of benzene rings is 1. The molecule has 0 aliphatic rings. The van der Waals surface area contributed by atoms with Crippen molar-refractivity contribution in [1.29, 1.82) is 0 Å². The van der Waals surface area contributed by atoms with Gasteiger partial charge in [-0.3, -0.25) is 28.5 Å². The van der Waals surface area contributed by atoms with Crippen molar-refractivity contribution >= 4 is 68.3 Å². The second-order valence-electron chi connectivity index (χ2n) is 14.4. The molecule has 0 aliphatic carbocycles. The number of nitrogens with one attached hydrogen (secondary N) is 2. The third-order valence-electron chi connectivity index (χ3n) is 8.70. The van der Waals surface area contributed by atoms with Gasteiger partial charge in [-0.15, -0.1) is 11.3 Å². The van der Waals surface area contributed by atoms with E-state index < -0.39 is 44.9 Å². The highest BCUT2D eigenvalue weighted by Crippen LogP contribution is 2.32. The maximum atomic E-state index is 13.7. The van der Waals surface area contributed by atoms with Gasteiger partial charge in [0.25, 0.3) is 5.91 Å². The fourth-order valence-corrected chi connectivity index (χ4v) is 6.73. The van der Waals surface area contributed by atoms with Crippen LogP contribution in [0.15, 0.2) is 23.6 Å². The number of hydrogen-bond donors (Lipinski definition) is 5. The minimum absolute atomic E-state index is 0.00295. The molecule has 0 bridgehead atoms. The predicted octanol–water partition coefficient (Wildman–Crippen LogP) is 6.54. The second-order valence-corrected chi connectivity index (χ2v) is 16.9. The number of aliphatic carboxylic acids is 1. The van der Waals surface area contributed by atoms with E-state index in [0.717, 1.165) is 24.2 Å². The average Bonchev–Trinajstić information content (AvgIpc) is 3.59. The normalized spacial score (nSPS) is 14.0. The maximum absolute atomic E-state index is 13.7. The molecule has 5 atom stereocenters. The summed E-state index contributed by atoms with van der Waals surface area (Å²) in [6.45, 7) is 12.4. The number of esters is 1. The Morgan fingerprint density at radius 2 is 1.81 bits per heavy atom. The fraction of sp³-hybridized carbons (Fsp3) is 0.622. The monoisotopic (exact) mass is 812 g/mol. The van der Waals surface area contributed by atoms with E-state index in [1.54, 1.807) is 42.5 Å². The van der Waals surface area contributed by atoms with Gasteiger partial charge in [-0.05, 0) is 49.3 Å². The van der Waals surface area contributed by atoms with Crippen molar-refractivity contribution in [3.63, 3.8) is 0 Å². The number of hydrogen-bond acceptors (Lipinski definition) is 12. The fourth-order valence-electron chi connectivity index (χ4n) is 5.67. The highest BCUT2D eigenvalue weighted by Gasteiger charge is 2.31. The number of carbonyl (C=O) groups excluding carboxylic acids is 4. The standard InChI is InChI=1S/C37H57N4O10PS2/c1-9-10-11-33(44)41(8)29(22(2)3)19-31(51-24(5)42)35-40-28(20-54-35)34(45)38-26(16-23(4)36(46)47)17-25-12-13-30(49-21-50-52-48)27(18-25)39-32(43)14-15-37(6,7)53/h12-13,18,20,22-23,26,29,31,48,52-53H,9-11,14-17,19,21H2,1-8H3,(H,38,45)(H,39,43)(H,46,47)/t23?,26-,29-,31-/m1/s1. The summed E-state index contributed by atoms with van der Waals surface area (Å²) in [5, 5.41) is 17.5. The Hall–Kier alpha value is -3.30. The molecule has 2 aromatic rings. The van der Waals surface area contributed by atoms with Crippen LogP contribution in [0.4, 0.5) is 5.69 Å². The molecule has 3 amide bonds. The average molecular weight is 813 g/mol. The smallest absolute Gasteiger partial charge is 0.306 e. The predicted molar refractivity (Wildman–Crippen MR) is 213 cm³/mol. The van der Waals surface area contributed by atoms with E-state index in [0.29, 0.717) is 34.8 Å². The SMILES string of the molecule is CCCCC(=O)N(C)[C@H](C[C@@H](OC(C)=O)c1nc(C(=O)N[C@@H](Cc2ccc(OCOPO)c(NC(=O)CCC(C)(C)S)c2)CC(C)C(=O)O)cs1)C(C)C. The molecule has 2 unspecified atom stereocenters. The summed E-state index contributed by atoms with van der Waals surface area (Å²) in [6.07, 6.45) is 2.56. The van der Waals surface area contributed by atoms with Crippen LogP contribution in [0.2, 0.25) is 0 Å². The number of unbranched alkanes of at least 4 members (excludes halogenated alkanes) is 1. The first-order chi connectivity index (χ1) is 25.3. The number of thiol groups is 1. The Kier molecular flexibility index (Phi) is 19.9. The van der Waals surface area contributed by atoms with E-state index in [9.17, 15) is 29.1 Å². The molecular formula is C37H57N4O10PS2. The number of carboxylic acids is 1. The summed E-state index contributed by atoms with van der Waals surface area (Å²) < 4.78 is 15.9. The van der Waals surface area contributed by atoms with Gasteiger partial charge in [0.15, 0.2) is 21.9 Å². The molecule has 1 aromatic carbocycles. The van der Waals surface area contributed by atoms with Crippen LogP contribution in [0, 0.1) is 11.8 Å². The van der Waals surface area contributed by atoms with Gasteiger partial charge in [0.2, 0.25) is 11.8 Å². The van der Waals surface area contributed by atoms with E-state index in [-0.39, 0.29) is 66.7 Å². The molecule has 0 radical (unpaired) electrons. The Bertz CT molecular complexity index is 1550. The number of carboxylic acid groups (broad SMARTS) is 1.